The number of carbonyl (C=O) groups is 2. The SMILES string of the molecule is CCC1OC(CC)C2C3CC(C(C(=O)OCOC)C3C(=O)OC3(CC)CCCC3)C12. The Morgan fingerprint density at radius 1 is 0.933 bits per heavy atom. The van der Waals surface area contributed by atoms with Gasteiger partial charge in [-0.1, -0.05) is 20.8 Å². The topological polar surface area (TPSA) is 71.1 Å². The van der Waals surface area contributed by atoms with Crippen LogP contribution in [0.5, 0.6) is 0 Å². The summed E-state index contributed by atoms with van der Waals surface area (Å²) in [6, 6.07) is 0. The van der Waals surface area contributed by atoms with Crippen molar-refractivity contribution < 1.29 is 28.5 Å². The van der Waals surface area contributed by atoms with E-state index in [0.29, 0.717) is 11.8 Å². The molecule has 6 nitrogen and oxygen atoms in total. The highest BCUT2D eigenvalue weighted by atomic mass is 16.7. The molecule has 8 atom stereocenters. The van der Waals surface area contributed by atoms with Gasteiger partial charge in [-0.05, 0) is 75.0 Å². The lowest BCUT2D eigenvalue weighted by Crippen LogP contribution is -2.47. The molecule has 4 rings (SSSR count). The molecular formula is C24H38O6. The first-order valence-electron chi connectivity index (χ1n) is 12.0. The molecule has 170 valence electrons. The van der Waals surface area contributed by atoms with Gasteiger partial charge in [0.05, 0.1) is 24.0 Å². The first kappa shape index (κ1) is 22.1. The minimum absolute atomic E-state index is 0.0766. The van der Waals surface area contributed by atoms with Crippen LogP contribution in [0, 0.1) is 35.5 Å². The molecule has 3 aliphatic carbocycles. The molecule has 0 amide bonds. The number of ether oxygens (including phenoxy) is 4. The van der Waals surface area contributed by atoms with Crippen molar-refractivity contribution in [1.29, 1.82) is 0 Å². The van der Waals surface area contributed by atoms with E-state index in [4.69, 9.17) is 18.9 Å². The molecule has 1 aliphatic heterocycles. The molecule has 0 aromatic carbocycles. The largest absolute Gasteiger partial charge is 0.459 e. The van der Waals surface area contributed by atoms with Crippen LogP contribution in [-0.4, -0.2) is 43.7 Å². The fraction of sp³-hybridized carbons (Fsp3) is 0.917. The molecule has 8 unspecified atom stereocenters. The molecule has 1 heterocycles. The Morgan fingerprint density at radius 2 is 1.50 bits per heavy atom. The van der Waals surface area contributed by atoms with Crippen molar-refractivity contribution in [3.63, 3.8) is 0 Å². The van der Waals surface area contributed by atoms with Crippen LogP contribution in [-0.2, 0) is 28.5 Å². The average Bonchev–Trinajstić information content (AvgIpc) is 3.51. The zero-order valence-electron chi connectivity index (χ0n) is 18.9. The van der Waals surface area contributed by atoms with E-state index >= 15 is 0 Å². The summed E-state index contributed by atoms with van der Waals surface area (Å²) < 4.78 is 23.0. The summed E-state index contributed by atoms with van der Waals surface area (Å²) in [7, 11) is 1.50. The van der Waals surface area contributed by atoms with Crippen LogP contribution in [0.15, 0.2) is 0 Å². The third kappa shape index (κ3) is 3.48. The smallest absolute Gasteiger partial charge is 0.312 e. The van der Waals surface area contributed by atoms with Gasteiger partial charge >= 0.3 is 11.9 Å². The van der Waals surface area contributed by atoms with E-state index in [1.807, 2.05) is 0 Å². The third-order valence-corrected chi connectivity index (χ3v) is 8.64. The van der Waals surface area contributed by atoms with Gasteiger partial charge in [0.15, 0.2) is 6.79 Å². The zero-order chi connectivity index (χ0) is 21.5. The van der Waals surface area contributed by atoms with Gasteiger partial charge in [0.1, 0.15) is 5.60 Å². The van der Waals surface area contributed by atoms with Gasteiger partial charge in [-0.3, -0.25) is 9.59 Å². The Bertz CT molecular complexity index is 642. The van der Waals surface area contributed by atoms with E-state index < -0.39 is 11.8 Å². The summed E-state index contributed by atoms with van der Waals surface area (Å²) >= 11 is 0. The summed E-state index contributed by atoms with van der Waals surface area (Å²) in [5, 5.41) is 0. The van der Waals surface area contributed by atoms with Crippen LogP contribution in [0.3, 0.4) is 0 Å². The Labute approximate surface area is 180 Å². The number of carbonyl (C=O) groups excluding carboxylic acids is 2. The number of methoxy groups -OCH3 is 1. The predicted molar refractivity (Wildman–Crippen MR) is 110 cm³/mol. The van der Waals surface area contributed by atoms with E-state index in [0.717, 1.165) is 51.4 Å². The van der Waals surface area contributed by atoms with Gasteiger partial charge in [0.2, 0.25) is 0 Å². The maximum absolute atomic E-state index is 13.6. The molecule has 4 fully saturated rings. The van der Waals surface area contributed by atoms with Crippen molar-refractivity contribution in [1.82, 2.24) is 0 Å². The summed E-state index contributed by atoms with van der Waals surface area (Å²) in [5.74, 6) is -0.402. The molecular weight excluding hydrogens is 384 g/mol. The minimum atomic E-state index is -0.442. The second-order valence-electron chi connectivity index (χ2n) is 9.83. The van der Waals surface area contributed by atoms with Crippen LogP contribution in [0.1, 0.15) is 72.1 Å². The van der Waals surface area contributed by atoms with Crippen molar-refractivity contribution in [2.45, 2.75) is 89.9 Å². The quantitative estimate of drug-likeness (QED) is 0.433. The van der Waals surface area contributed by atoms with Gasteiger partial charge in [-0.25, -0.2) is 0 Å². The van der Waals surface area contributed by atoms with Crippen LogP contribution in [0.4, 0.5) is 0 Å². The molecule has 4 aliphatic rings. The van der Waals surface area contributed by atoms with Crippen molar-refractivity contribution >= 4 is 11.9 Å². The van der Waals surface area contributed by atoms with Crippen molar-refractivity contribution in [3.05, 3.63) is 0 Å². The molecule has 1 saturated heterocycles. The van der Waals surface area contributed by atoms with Crippen LogP contribution < -0.4 is 0 Å². The molecule has 30 heavy (non-hydrogen) atoms. The van der Waals surface area contributed by atoms with Gasteiger partial charge in [-0.15, -0.1) is 0 Å². The van der Waals surface area contributed by atoms with Gasteiger partial charge < -0.3 is 18.9 Å². The van der Waals surface area contributed by atoms with Crippen LogP contribution in [0.25, 0.3) is 0 Å². The zero-order valence-corrected chi connectivity index (χ0v) is 18.9. The summed E-state index contributed by atoms with van der Waals surface area (Å²) in [4.78, 5) is 26.7. The Balaban J connectivity index is 1.61. The third-order valence-electron chi connectivity index (χ3n) is 8.64. The number of esters is 2. The van der Waals surface area contributed by atoms with E-state index in [1.165, 1.54) is 7.11 Å². The molecule has 0 aromatic rings. The first-order valence-corrected chi connectivity index (χ1v) is 12.0. The fourth-order valence-electron chi connectivity index (χ4n) is 7.38. The monoisotopic (exact) mass is 422 g/mol. The molecule has 0 radical (unpaired) electrons. The Kier molecular flexibility index (Phi) is 6.45. The normalized spacial score (nSPS) is 41.1. The number of rotatable bonds is 8. The van der Waals surface area contributed by atoms with Gasteiger partial charge in [-0.2, -0.15) is 0 Å². The molecule has 2 bridgehead atoms. The Hall–Kier alpha value is -1.14. The standard InChI is InChI=1S/C24H38O6/c1-5-16-18-14-12-15(19(18)17(6-2)29-16)21(20(14)22(25)28-13-27-4)23(26)30-24(7-3)10-8-9-11-24/h14-21H,5-13H2,1-4H3. The molecule has 0 spiro atoms. The second kappa shape index (κ2) is 8.78. The summed E-state index contributed by atoms with van der Waals surface area (Å²) in [6.45, 7) is 6.34. The maximum Gasteiger partial charge on any atom is 0.312 e. The lowest BCUT2D eigenvalue weighted by Gasteiger charge is -2.39. The predicted octanol–water partition coefficient (Wildman–Crippen LogP) is 4.10. The van der Waals surface area contributed by atoms with Crippen molar-refractivity contribution in [2.24, 2.45) is 35.5 Å². The second-order valence-corrected chi connectivity index (χ2v) is 9.83. The number of hydrogen-bond acceptors (Lipinski definition) is 6. The highest BCUT2D eigenvalue weighted by Crippen LogP contribution is 2.64. The van der Waals surface area contributed by atoms with Crippen LogP contribution in [0.2, 0.25) is 0 Å². The van der Waals surface area contributed by atoms with Crippen molar-refractivity contribution in [2.75, 3.05) is 13.9 Å². The average molecular weight is 423 g/mol. The minimum Gasteiger partial charge on any atom is -0.459 e. The van der Waals surface area contributed by atoms with Crippen molar-refractivity contribution in [3.8, 4) is 0 Å². The van der Waals surface area contributed by atoms with E-state index in [9.17, 15) is 9.59 Å². The number of fused-ring (bicyclic) bond motifs is 5. The van der Waals surface area contributed by atoms with Gasteiger partial charge in [0.25, 0.3) is 0 Å². The highest BCUT2D eigenvalue weighted by molar-refractivity contribution is 5.84. The Morgan fingerprint density at radius 3 is 2.00 bits per heavy atom. The molecule has 0 aromatic heterocycles. The number of hydrogen-bond donors (Lipinski definition) is 0. The summed E-state index contributed by atoms with van der Waals surface area (Å²) in [5.41, 5.74) is -0.346. The molecule has 6 heteroatoms. The first-order chi connectivity index (χ1) is 14.5. The van der Waals surface area contributed by atoms with E-state index in [2.05, 4.69) is 20.8 Å². The lowest BCUT2D eigenvalue weighted by molar-refractivity contribution is -0.180. The maximum atomic E-state index is 13.6. The van der Waals surface area contributed by atoms with E-state index in [-0.39, 0.29) is 48.4 Å². The van der Waals surface area contributed by atoms with E-state index in [1.54, 1.807) is 0 Å². The highest BCUT2D eigenvalue weighted by Gasteiger charge is 2.68. The fourth-order valence-corrected chi connectivity index (χ4v) is 7.38. The molecule has 3 saturated carbocycles. The summed E-state index contributed by atoms with van der Waals surface area (Å²) in [6.07, 6.45) is 8.03. The van der Waals surface area contributed by atoms with Crippen LogP contribution >= 0.6 is 0 Å². The van der Waals surface area contributed by atoms with Gasteiger partial charge in [0, 0.05) is 7.11 Å². The molecule has 0 N–H and O–H groups in total. The lowest BCUT2D eigenvalue weighted by atomic mass is 9.65.